The van der Waals surface area contributed by atoms with E-state index < -0.39 is 0 Å². The topological polar surface area (TPSA) is 15.3 Å². The first kappa shape index (κ1) is 12.9. The number of benzene rings is 1. The Morgan fingerprint density at radius 1 is 1.41 bits per heavy atom. The summed E-state index contributed by atoms with van der Waals surface area (Å²) in [5, 5.41) is 3.68. The maximum Gasteiger partial charge on any atom is 0.0378 e. The van der Waals surface area contributed by atoms with Gasteiger partial charge in [-0.3, -0.25) is 0 Å². The van der Waals surface area contributed by atoms with Crippen molar-refractivity contribution in [3.05, 3.63) is 28.7 Å². The minimum absolute atomic E-state index is 0.165. The number of hydrogen-bond acceptors (Lipinski definition) is 2. The van der Waals surface area contributed by atoms with E-state index in [0.29, 0.717) is 6.04 Å². The molecule has 1 fully saturated rings. The van der Waals surface area contributed by atoms with Gasteiger partial charge in [-0.25, -0.2) is 0 Å². The summed E-state index contributed by atoms with van der Waals surface area (Å²) in [6.07, 6.45) is 1.19. The first-order valence-corrected chi connectivity index (χ1v) is 7.04. The number of halogens is 1. The van der Waals surface area contributed by atoms with Gasteiger partial charge < -0.3 is 10.2 Å². The van der Waals surface area contributed by atoms with E-state index in [2.05, 4.69) is 71.2 Å². The Morgan fingerprint density at radius 3 is 2.88 bits per heavy atom. The third-order valence-electron chi connectivity index (χ3n) is 3.23. The zero-order chi connectivity index (χ0) is 12.5. The summed E-state index contributed by atoms with van der Waals surface area (Å²) in [6, 6.07) is 9.16. The molecule has 17 heavy (non-hydrogen) atoms. The molecular formula is C14H21BrN2. The van der Waals surface area contributed by atoms with Gasteiger partial charge in [0, 0.05) is 34.8 Å². The molecule has 0 radical (unpaired) electrons. The molecular weight excluding hydrogens is 276 g/mol. The van der Waals surface area contributed by atoms with E-state index in [4.69, 9.17) is 0 Å². The number of nitrogens with zero attached hydrogens (tertiary/aromatic N) is 1. The van der Waals surface area contributed by atoms with Gasteiger partial charge in [0.2, 0.25) is 0 Å². The number of hydrogen-bond donors (Lipinski definition) is 1. The highest BCUT2D eigenvalue weighted by molar-refractivity contribution is 9.10. The summed E-state index contributed by atoms with van der Waals surface area (Å²) in [6.45, 7) is 8.99. The van der Waals surface area contributed by atoms with Crippen molar-refractivity contribution in [2.24, 2.45) is 0 Å². The van der Waals surface area contributed by atoms with Crippen molar-refractivity contribution >= 4 is 21.6 Å². The van der Waals surface area contributed by atoms with Crippen molar-refractivity contribution in [2.75, 3.05) is 18.0 Å². The SMILES string of the molecule is CC1CCN(c2cccc(Br)c2)CC(C)(C)N1. The van der Waals surface area contributed by atoms with Crippen LogP contribution in [0.15, 0.2) is 28.7 Å². The van der Waals surface area contributed by atoms with Crippen LogP contribution in [0.5, 0.6) is 0 Å². The molecule has 1 unspecified atom stereocenters. The predicted molar refractivity (Wildman–Crippen MR) is 77.6 cm³/mol. The molecule has 94 valence electrons. The molecule has 1 aromatic rings. The fourth-order valence-electron chi connectivity index (χ4n) is 2.58. The smallest absolute Gasteiger partial charge is 0.0378 e. The van der Waals surface area contributed by atoms with E-state index >= 15 is 0 Å². The molecule has 0 aromatic heterocycles. The van der Waals surface area contributed by atoms with Gasteiger partial charge in [-0.1, -0.05) is 22.0 Å². The molecule has 1 saturated heterocycles. The summed E-state index contributed by atoms with van der Waals surface area (Å²) in [5.74, 6) is 0. The second kappa shape index (κ2) is 4.99. The Morgan fingerprint density at radius 2 is 2.18 bits per heavy atom. The highest BCUT2D eigenvalue weighted by Crippen LogP contribution is 2.24. The van der Waals surface area contributed by atoms with Crippen LogP contribution >= 0.6 is 15.9 Å². The molecule has 3 heteroatoms. The Bertz CT molecular complexity index is 390. The lowest BCUT2D eigenvalue weighted by Gasteiger charge is -2.32. The fourth-order valence-corrected chi connectivity index (χ4v) is 2.97. The monoisotopic (exact) mass is 296 g/mol. The molecule has 1 heterocycles. The van der Waals surface area contributed by atoms with Crippen LogP contribution in [0.4, 0.5) is 5.69 Å². The average molecular weight is 297 g/mol. The molecule has 0 aliphatic carbocycles. The zero-order valence-electron chi connectivity index (χ0n) is 10.8. The Kier molecular flexibility index (Phi) is 3.79. The summed E-state index contributed by atoms with van der Waals surface area (Å²) in [7, 11) is 0. The van der Waals surface area contributed by atoms with E-state index in [0.717, 1.165) is 17.6 Å². The standard InChI is InChI=1S/C14H21BrN2/c1-11-7-8-17(10-14(2,3)16-11)13-6-4-5-12(15)9-13/h4-6,9,11,16H,7-8,10H2,1-3H3. The van der Waals surface area contributed by atoms with E-state index in [1.165, 1.54) is 12.1 Å². The lowest BCUT2D eigenvalue weighted by molar-refractivity contribution is 0.368. The van der Waals surface area contributed by atoms with Gasteiger partial charge in [0.1, 0.15) is 0 Å². The van der Waals surface area contributed by atoms with Crippen molar-refractivity contribution < 1.29 is 0 Å². The summed E-state index contributed by atoms with van der Waals surface area (Å²) >= 11 is 3.55. The molecule has 2 nitrogen and oxygen atoms in total. The van der Waals surface area contributed by atoms with Crippen LogP contribution in [0.3, 0.4) is 0 Å². The maximum atomic E-state index is 3.68. The van der Waals surface area contributed by atoms with E-state index in [9.17, 15) is 0 Å². The van der Waals surface area contributed by atoms with Crippen molar-refractivity contribution in [2.45, 2.75) is 38.8 Å². The molecule has 0 amide bonds. The van der Waals surface area contributed by atoms with Gasteiger partial charge in [0.05, 0.1) is 0 Å². The molecule has 1 aromatic carbocycles. The number of nitrogens with one attached hydrogen (secondary N) is 1. The van der Waals surface area contributed by atoms with Crippen molar-refractivity contribution in [1.29, 1.82) is 0 Å². The first-order valence-electron chi connectivity index (χ1n) is 6.24. The zero-order valence-corrected chi connectivity index (χ0v) is 12.4. The lowest BCUT2D eigenvalue weighted by Crippen LogP contribution is -2.48. The molecule has 1 aliphatic rings. The molecule has 1 atom stereocenters. The van der Waals surface area contributed by atoms with Gasteiger partial charge in [0.25, 0.3) is 0 Å². The first-order chi connectivity index (χ1) is 7.96. The van der Waals surface area contributed by atoms with E-state index in [-0.39, 0.29) is 5.54 Å². The maximum absolute atomic E-state index is 3.68. The summed E-state index contributed by atoms with van der Waals surface area (Å²) < 4.78 is 1.15. The Balaban J connectivity index is 2.20. The minimum Gasteiger partial charge on any atom is -0.370 e. The lowest BCUT2D eigenvalue weighted by atomic mass is 10.0. The highest BCUT2D eigenvalue weighted by atomic mass is 79.9. The number of rotatable bonds is 1. The van der Waals surface area contributed by atoms with Gasteiger partial charge >= 0.3 is 0 Å². The van der Waals surface area contributed by atoms with Gasteiger partial charge in [0.15, 0.2) is 0 Å². The molecule has 0 spiro atoms. The minimum atomic E-state index is 0.165. The van der Waals surface area contributed by atoms with Crippen molar-refractivity contribution in [1.82, 2.24) is 5.32 Å². The van der Waals surface area contributed by atoms with Gasteiger partial charge in [-0.15, -0.1) is 0 Å². The third kappa shape index (κ3) is 3.46. The molecule has 1 aliphatic heterocycles. The Labute approximate surface area is 113 Å². The van der Waals surface area contributed by atoms with E-state index in [1.807, 2.05) is 0 Å². The fraction of sp³-hybridized carbons (Fsp3) is 0.571. The van der Waals surface area contributed by atoms with Gasteiger partial charge in [-0.2, -0.15) is 0 Å². The normalized spacial score (nSPS) is 24.5. The van der Waals surface area contributed by atoms with Crippen molar-refractivity contribution in [3.8, 4) is 0 Å². The van der Waals surface area contributed by atoms with Crippen LogP contribution in [0, 0.1) is 0 Å². The Hall–Kier alpha value is -0.540. The van der Waals surface area contributed by atoms with Crippen LogP contribution in [-0.4, -0.2) is 24.7 Å². The molecule has 0 bridgehead atoms. The molecule has 2 rings (SSSR count). The van der Waals surface area contributed by atoms with Gasteiger partial charge in [-0.05, 0) is 45.4 Å². The summed E-state index contributed by atoms with van der Waals surface area (Å²) in [5.41, 5.74) is 1.47. The predicted octanol–water partition coefficient (Wildman–Crippen LogP) is 3.42. The highest BCUT2D eigenvalue weighted by Gasteiger charge is 2.27. The van der Waals surface area contributed by atoms with Crippen LogP contribution in [0.1, 0.15) is 27.2 Å². The van der Waals surface area contributed by atoms with Crippen LogP contribution < -0.4 is 10.2 Å². The largest absolute Gasteiger partial charge is 0.370 e. The van der Waals surface area contributed by atoms with E-state index in [1.54, 1.807) is 0 Å². The van der Waals surface area contributed by atoms with Crippen molar-refractivity contribution in [3.63, 3.8) is 0 Å². The molecule has 0 saturated carbocycles. The molecule has 1 N–H and O–H groups in total. The quantitative estimate of drug-likeness (QED) is 0.854. The summed E-state index contributed by atoms with van der Waals surface area (Å²) in [4.78, 5) is 2.47. The average Bonchev–Trinajstić information content (AvgIpc) is 2.36. The van der Waals surface area contributed by atoms with Crippen LogP contribution in [0.2, 0.25) is 0 Å². The second-order valence-electron chi connectivity index (χ2n) is 5.62. The van der Waals surface area contributed by atoms with Crippen LogP contribution in [0.25, 0.3) is 0 Å². The number of anilines is 1. The third-order valence-corrected chi connectivity index (χ3v) is 3.72. The second-order valence-corrected chi connectivity index (χ2v) is 6.54. The van der Waals surface area contributed by atoms with Crippen LogP contribution in [-0.2, 0) is 0 Å².